The van der Waals surface area contributed by atoms with Crippen molar-refractivity contribution < 1.29 is 23.4 Å². The van der Waals surface area contributed by atoms with Crippen molar-refractivity contribution in [3.63, 3.8) is 0 Å². The Bertz CT molecular complexity index is 840. The van der Waals surface area contributed by atoms with Gasteiger partial charge in [0.25, 0.3) is 0 Å². The number of nitrogens with zero attached hydrogens (tertiary/aromatic N) is 4. The summed E-state index contributed by atoms with van der Waals surface area (Å²) in [5, 5.41) is 15.7. The number of carbonyl (C=O) groups is 1. The topological polar surface area (TPSA) is 114 Å². The fourth-order valence-electron chi connectivity index (χ4n) is 4.36. The molecule has 1 saturated carbocycles. The Kier molecular flexibility index (Phi) is 5.91. The summed E-state index contributed by atoms with van der Waals surface area (Å²) in [5.41, 5.74) is 0. The second-order valence-electron chi connectivity index (χ2n) is 7.86. The van der Waals surface area contributed by atoms with Crippen molar-refractivity contribution in [3.8, 4) is 0 Å². The number of nitrogens with one attached hydrogen (secondary N) is 1. The van der Waals surface area contributed by atoms with Crippen molar-refractivity contribution >= 4 is 17.9 Å². The van der Waals surface area contributed by atoms with Gasteiger partial charge in [-0.3, -0.25) is 0 Å². The number of ether oxygens (including phenoxy) is 3. The lowest BCUT2D eigenvalue weighted by molar-refractivity contribution is 0.00152. The minimum atomic E-state index is -0.431. The van der Waals surface area contributed by atoms with Crippen LogP contribution in [-0.2, 0) is 20.0 Å². The molecule has 0 bridgehead atoms. The molecule has 2 saturated heterocycles. The smallest absolute Gasteiger partial charge is 0.407 e. The van der Waals surface area contributed by atoms with Gasteiger partial charge in [0.15, 0.2) is 6.10 Å². The number of tetrazole rings is 1. The molecule has 2 aromatic rings. The predicted octanol–water partition coefficient (Wildman–Crippen LogP) is 2.32. The minimum Gasteiger partial charge on any atom is -0.468 e. The molecule has 2 aliphatic heterocycles. The first-order valence-electron chi connectivity index (χ1n) is 10.4. The minimum absolute atomic E-state index is 0.167. The van der Waals surface area contributed by atoms with E-state index in [2.05, 4.69) is 20.8 Å². The molecular weight excluding hydrogens is 410 g/mol. The van der Waals surface area contributed by atoms with Crippen LogP contribution in [0.2, 0.25) is 0 Å². The van der Waals surface area contributed by atoms with Crippen molar-refractivity contribution in [1.29, 1.82) is 0 Å². The van der Waals surface area contributed by atoms with Crippen LogP contribution in [0.3, 0.4) is 0 Å². The van der Waals surface area contributed by atoms with Gasteiger partial charge in [0, 0.05) is 6.04 Å². The Morgan fingerprint density at radius 2 is 2.10 bits per heavy atom. The Hall–Kier alpha value is -2.11. The fraction of sp³-hybridized carbons (Fsp3) is 0.684. The third-order valence-corrected chi connectivity index (χ3v) is 6.82. The molecule has 0 radical (unpaired) electrons. The monoisotopic (exact) mass is 435 g/mol. The zero-order valence-electron chi connectivity index (χ0n) is 16.5. The van der Waals surface area contributed by atoms with E-state index in [4.69, 9.17) is 18.6 Å². The summed E-state index contributed by atoms with van der Waals surface area (Å²) in [6, 6.07) is 3.80. The zero-order chi connectivity index (χ0) is 20.3. The normalized spacial score (nSPS) is 29.1. The number of thioether (sulfide) groups is 1. The molecular formula is C19H25N5O5S. The van der Waals surface area contributed by atoms with Gasteiger partial charge in [0.2, 0.25) is 5.16 Å². The number of rotatable bonds is 6. The van der Waals surface area contributed by atoms with Gasteiger partial charge in [-0.2, -0.15) is 0 Å². The number of aromatic nitrogens is 4. The SMILES string of the molecule is O=C(NC1CCCCC1)OC1COC2C1OCC2n1nnnc1SCc1ccco1. The summed E-state index contributed by atoms with van der Waals surface area (Å²) < 4.78 is 24.6. The van der Waals surface area contributed by atoms with Crippen LogP contribution in [0.5, 0.6) is 0 Å². The first kappa shape index (κ1) is 19.8. The van der Waals surface area contributed by atoms with E-state index in [0.29, 0.717) is 24.1 Å². The first-order chi connectivity index (χ1) is 14.8. The Morgan fingerprint density at radius 3 is 2.93 bits per heavy atom. The third kappa shape index (κ3) is 4.19. The lowest BCUT2D eigenvalue weighted by Crippen LogP contribution is -2.41. The maximum absolute atomic E-state index is 12.3. The van der Waals surface area contributed by atoms with Crippen LogP contribution in [0.4, 0.5) is 4.79 Å². The van der Waals surface area contributed by atoms with Crippen molar-refractivity contribution in [1.82, 2.24) is 25.5 Å². The van der Waals surface area contributed by atoms with Crippen LogP contribution in [0, 0.1) is 0 Å². The highest BCUT2D eigenvalue weighted by atomic mass is 32.2. The molecule has 10 nitrogen and oxygen atoms in total. The highest BCUT2D eigenvalue weighted by Gasteiger charge is 2.51. The van der Waals surface area contributed by atoms with Crippen molar-refractivity contribution in [2.45, 2.75) is 73.4 Å². The molecule has 4 unspecified atom stereocenters. The van der Waals surface area contributed by atoms with Gasteiger partial charge in [0.1, 0.15) is 24.0 Å². The molecule has 11 heteroatoms. The van der Waals surface area contributed by atoms with E-state index in [9.17, 15) is 4.79 Å². The van der Waals surface area contributed by atoms with Gasteiger partial charge < -0.3 is 23.9 Å². The van der Waals surface area contributed by atoms with Crippen LogP contribution in [-0.4, -0.2) is 63.9 Å². The molecule has 0 spiro atoms. The molecule has 4 heterocycles. The van der Waals surface area contributed by atoms with Gasteiger partial charge >= 0.3 is 6.09 Å². The number of amides is 1. The van der Waals surface area contributed by atoms with Crippen LogP contribution in [0.25, 0.3) is 0 Å². The number of furan rings is 1. The molecule has 5 rings (SSSR count). The predicted molar refractivity (Wildman–Crippen MR) is 105 cm³/mol. The average Bonchev–Trinajstić information content (AvgIpc) is 3.53. The molecule has 3 fully saturated rings. The Morgan fingerprint density at radius 1 is 1.23 bits per heavy atom. The molecule has 4 atom stereocenters. The highest BCUT2D eigenvalue weighted by molar-refractivity contribution is 7.98. The van der Waals surface area contributed by atoms with Crippen LogP contribution in [0.1, 0.15) is 43.9 Å². The number of fused-ring (bicyclic) bond motifs is 1. The lowest BCUT2D eigenvalue weighted by Gasteiger charge is -2.24. The summed E-state index contributed by atoms with van der Waals surface area (Å²) in [6.45, 7) is 0.708. The summed E-state index contributed by atoms with van der Waals surface area (Å²) in [4.78, 5) is 12.3. The number of hydrogen-bond donors (Lipinski definition) is 1. The first-order valence-corrected chi connectivity index (χ1v) is 11.4. The number of hydrogen-bond acceptors (Lipinski definition) is 9. The fourth-order valence-corrected chi connectivity index (χ4v) is 5.19. The van der Waals surface area contributed by atoms with Crippen LogP contribution < -0.4 is 5.32 Å². The van der Waals surface area contributed by atoms with Gasteiger partial charge in [-0.05, 0) is 35.4 Å². The van der Waals surface area contributed by atoms with Crippen LogP contribution in [0.15, 0.2) is 28.0 Å². The molecule has 1 N–H and O–H groups in total. The van der Waals surface area contributed by atoms with Gasteiger partial charge in [-0.15, -0.1) is 5.10 Å². The quantitative estimate of drug-likeness (QED) is 0.683. The summed E-state index contributed by atoms with van der Waals surface area (Å²) >= 11 is 1.49. The second kappa shape index (κ2) is 8.94. The molecule has 1 amide bonds. The highest BCUT2D eigenvalue weighted by Crippen LogP contribution is 2.37. The standard InChI is InChI=1S/C19H25N5O5S/c25-19(20-12-5-2-1-3-6-12)29-15-10-28-16-14(9-27-17(15)16)24-18(21-22-23-24)30-11-13-7-4-8-26-13/h4,7-8,12,14-17H,1-3,5-6,9-11H2,(H,20,25). The van der Waals surface area contributed by atoms with E-state index >= 15 is 0 Å². The van der Waals surface area contributed by atoms with E-state index in [1.54, 1.807) is 10.9 Å². The maximum atomic E-state index is 12.3. The van der Waals surface area contributed by atoms with Crippen LogP contribution >= 0.6 is 11.8 Å². The summed E-state index contributed by atoms with van der Waals surface area (Å²) in [6.07, 6.45) is 5.81. The molecule has 2 aromatic heterocycles. The molecule has 30 heavy (non-hydrogen) atoms. The van der Waals surface area contributed by atoms with Crippen molar-refractivity contribution in [3.05, 3.63) is 24.2 Å². The van der Waals surface area contributed by atoms with Crippen molar-refractivity contribution in [2.24, 2.45) is 0 Å². The average molecular weight is 436 g/mol. The van der Waals surface area contributed by atoms with Gasteiger partial charge in [-0.25, -0.2) is 9.48 Å². The molecule has 162 valence electrons. The second-order valence-corrected chi connectivity index (χ2v) is 8.80. The number of carbonyl (C=O) groups excluding carboxylic acids is 1. The van der Waals surface area contributed by atoms with E-state index in [1.165, 1.54) is 18.2 Å². The number of alkyl carbamates (subject to hydrolysis) is 1. The Balaban J connectivity index is 1.18. The molecule has 3 aliphatic rings. The summed E-state index contributed by atoms with van der Waals surface area (Å²) in [5.74, 6) is 1.48. The van der Waals surface area contributed by atoms with E-state index in [-0.39, 0.29) is 30.4 Å². The Labute approximate surface area is 178 Å². The summed E-state index contributed by atoms with van der Waals surface area (Å²) in [7, 11) is 0. The molecule has 1 aliphatic carbocycles. The lowest BCUT2D eigenvalue weighted by atomic mass is 9.96. The third-order valence-electron chi connectivity index (χ3n) is 5.87. The van der Waals surface area contributed by atoms with Crippen molar-refractivity contribution in [2.75, 3.05) is 13.2 Å². The maximum Gasteiger partial charge on any atom is 0.407 e. The zero-order valence-corrected chi connectivity index (χ0v) is 17.3. The largest absolute Gasteiger partial charge is 0.468 e. The van der Waals surface area contributed by atoms with E-state index < -0.39 is 6.10 Å². The van der Waals surface area contributed by atoms with E-state index in [1.807, 2.05) is 12.1 Å². The van der Waals surface area contributed by atoms with E-state index in [0.717, 1.165) is 31.4 Å². The molecule has 0 aromatic carbocycles. The van der Waals surface area contributed by atoms with Gasteiger partial charge in [0.05, 0.1) is 25.2 Å². The van der Waals surface area contributed by atoms with Gasteiger partial charge in [-0.1, -0.05) is 31.0 Å².